The molecule has 7 nitrogen and oxygen atoms in total. The van der Waals surface area contributed by atoms with Gasteiger partial charge in [-0.15, -0.1) is 0 Å². The van der Waals surface area contributed by atoms with E-state index in [1.165, 1.54) is 0 Å². The second-order valence-corrected chi connectivity index (χ2v) is 9.01. The molecule has 2 N–H and O–H groups in total. The quantitative estimate of drug-likeness (QED) is 0.766. The minimum absolute atomic E-state index is 0.0137. The zero-order valence-electron chi connectivity index (χ0n) is 17.6. The highest BCUT2D eigenvalue weighted by Gasteiger charge is 2.51. The minimum Gasteiger partial charge on any atom is -0.392 e. The summed E-state index contributed by atoms with van der Waals surface area (Å²) in [4.78, 5) is 42.1. The van der Waals surface area contributed by atoms with Crippen molar-refractivity contribution in [3.05, 3.63) is 35.4 Å². The molecule has 3 saturated heterocycles. The van der Waals surface area contributed by atoms with Crippen molar-refractivity contribution in [2.24, 2.45) is 11.3 Å². The van der Waals surface area contributed by atoms with Crippen LogP contribution >= 0.6 is 0 Å². The van der Waals surface area contributed by atoms with Gasteiger partial charge in [0.15, 0.2) is 0 Å². The molecule has 1 spiro atoms. The molecule has 2 atom stereocenters. The maximum atomic E-state index is 13.2. The lowest BCUT2D eigenvalue weighted by Gasteiger charge is -2.47. The molecule has 0 unspecified atom stereocenters. The first-order chi connectivity index (χ1) is 14.4. The molecule has 7 heteroatoms. The molecule has 162 valence electrons. The highest BCUT2D eigenvalue weighted by molar-refractivity contribution is 5.94. The molecule has 0 aliphatic carbocycles. The summed E-state index contributed by atoms with van der Waals surface area (Å²) >= 11 is 0. The van der Waals surface area contributed by atoms with Gasteiger partial charge in [0.25, 0.3) is 5.91 Å². The topological polar surface area (TPSA) is 90.0 Å². The van der Waals surface area contributed by atoms with Crippen LogP contribution in [0.25, 0.3) is 0 Å². The lowest BCUT2D eigenvalue weighted by molar-refractivity contribution is -0.157. The number of carbonyl (C=O) groups excluding carboxylic acids is 3. The molecule has 0 radical (unpaired) electrons. The fourth-order valence-corrected chi connectivity index (χ4v) is 5.10. The monoisotopic (exact) mass is 413 g/mol. The van der Waals surface area contributed by atoms with Gasteiger partial charge in [-0.05, 0) is 51.2 Å². The van der Waals surface area contributed by atoms with Crippen LogP contribution in [0.5, 0.6) is 0 Å². The van der Waals surface area contributed by atoms with E-state index in [1.54, 1.807) is 4.90 Å². The number of amides is 3. The van der Waals surface area contributed by atoms with Gasteiger partial charge in [0.2, 0.25) is 11.8 Å². The summed E-state index contributed by atoms with van der Waals surface area (Å²) in [5, 5.41) is 13.4. The van der Waals surface area contributed by atoms with Gasteiger partial charge in [-0.1, -0.05) is 17.7 Å². The maximum Gasteiger partial charge on any atom is 0.253 e. The predicted octanol–water partition coefficient (Wildman–Crippen LogP) is 1.34. The van der Waals surface area contributed by atoms with E-state index in [9.17, 15) is 19.5 Å². The van der Waals surface area contributed by atoms with Gasteiger partial charge >= 0.3 is 0 Å². The standard InChI is InChI=1S/C23H31N3O4/c1-16-3-5-17(6-4-16)20(28)25-12-7-18(8-13-25)21(29)26-14-9-19(27)23(15-26)10-2-11-24-22(23)30/h3-6,18-19,27H,2,7-15H2,1H3,(H,24,30)/t19-,23+/m0/s1. The van der Waals surface area contributed by atoms with Gasteiger partial charge in [-0.3, -0.25) is 14.4 Å². The molecule has 3 heterocycles. The third-order valence-corrected chi connectivity index (χ3v) is 7.06. The van der Waals surface area contributed by atoms with Crippen LogP contribution in [0.2, 0.25) is 0 Å². The van der Waals surface area contributed by atoms with Crippen LogP contribution < -0.4 is 5.32 Å². The third kappa shape index (κ3) is 3.83. The summed E-state index contributed by atoms with van der Waals surface area (Å²) in [6, 6.07) is 7.57. The molecule has 3 fully saturated rings. The molecular weight excluding hydrogens is 382 g/mol. The zero-order valence-corrected chi connectivity index (χ0v) is 17.6. The zero-order chi connectivity index (χ0) is 21.3. The number of aryl methyl sites for hydroxylation is 1. The summed E-state index contributed by atoms with van der Waals surface area (Å²) in [5.74, 6) is -0.190. The van der Waals surface area contributed by atoms with Crippen molar-refractivity contribution >= 4 is 17.7 Å². The molecule has 3 aliphatic heterocycles. The van der Waals surface area contributed by atoms with E-state index >= 15 is 0 Å². The van der Waals surface area contributed by atoms with Crippen LogP contribution in [0.4, 0.5) is 0 Å². The second kappa shape index (κ2) is 8.38. The van der Waals surface area contributed by atoms with Crippen molar-refractivity contribution < 1.29 is 19.5 Å². The summed E-state index contributed by atoms with van der Waals surface area (Å²) in [5.41, 5.74) is 0.932. The average Bonchev–Trinajstić information content (AvgIpc) is 2.77. The Labute approximate surface area is 177 Å². The molecule has 0 aromatic heterocycles. The first-order valence-corrected chi connectivity index (χ1v) is 11.0. The van der Waals surface area contributed by atoms with E-state index < -0.39 is 11.5 Å². The van der Waals surface area contributed by atoms with Crippen molar-refractivity contribution in [2.75, 3.05) is 32.7 Å². The smallest absolute Gasteiger partial charge is 0.253 e. The molecule has 3 amide bonds. The number of hydrogen-bond donors (Lipinski definition) is 2. The number of nitrogens with zero attached hydrogens (tertiary/aromatic N) is 2. The van der Waals surface area contributed by atoms with Crippen LogP contribution in [-0.4, -0.2) is 71.5 Å². The largest absolute Gasteiger partial charge is 0.392 e. The van der Waals surface area contributed by atoms with Crippen LogP contribution in [0.1, 0.15) is 48.0 Å². The van der Waals surface area contributed by atoms with E-state index in [2.05, 4.69) is 5.32 Å². The first-order valence-electron chi connectivity index (χ1n) is 11.0. The second-order valence-electron chi connectivity index (χ2n) is 9.01. The lowest BCUT2D eigenvalue weighted by Crippen LogP contribution is -2.62. The number of carbonyl (C=O) groups is 3. The van der Waals surface area contributed by atoms with Crippen LogP contribution in [-0.2, 0) is 9.59 Å². The van der Waals surface area contributed by atoms with Gasteiger partial charge in [0.05, 0.1) is 11.5 Å². The third-order valence-electron chi connectivity index (χ3n) is 7.06. The number of aliphatic hydroxyl groups excluding tert-OH is 1. The predicted molar refractivity (Wildman–Crippen MR) is 112 cm³/mol. The lowest BCUT2D eigenvalue weighted by atomic mass is 9.71. The maximum absolute atomic E-state index is 13.2. The van der Waals surface area contributed by atoms with Crippen molar-refractivity contribution in [3.63, 3.8) is 0 Å². The molecule has 0 saturated carbocycles. The van der Waals surface area contributed by atoms with Gasteiger partial charge < -0.3 is 20.2 Å². The summed E-state index contributed by atoms with van der Waals surface area (Å²) < 4.78 is 0. The molecule has 0 bridgehead atoms. The molecular formula is C23H31N3O4. The first kappa shape index (κ1) is 20.8. The molecule has 1 aromatic rings. The number of piperidine rings is 3. The minimum atomic E-state index is -0.867. The van der Waals surface area contributed by atoms with Crippen LogP contribution in [0.3, 0.4) is 0 Å². The number of hydrogen-bond acceptors (Lipinski definition) is 4. The Morgan fingerprint density at radius 1 is 1.07 bits per heavy atom. The van der Waals surface area contributed by atoms with Crippen molar-refractivity contribution in [1.82, 2.24) is 15.1 Å². The number of aliphatic hydroxyl groups is 1. The summed E-state index contributed by atoms with van der Waals surface area (Å²) in [7, 11) is 0. The van der Waals surface area contributed by atoms with Gasteiger partial charge in [0.1, 0.15) is 0 Å². The summed E-state index contributed by atoms with van der Waals surface area (Å²) in [6.45, 7) is 4.52. The van der Waals surface area contributed by atoms with E-state index in [0.717, 1.165) is 12.0 Å². The van der Waals surface area contributed by atoms with Crippen molar-refractivity contribution in [2.45, 2.75) is 45.1 Å². The van der Waals surface area contributed by atoms with Crippen LogP contribution in [0, 0.1) is 18.3 Å². The molecule has 3 aliphatic rings. The Balaban J connectivity index is 1.36. The fraction of sp³-hybridized carbons (Fsp3) is 0.609. The SMILES string of the molecule is Cc1ccc(C(=O)N2CCC(C(=O)N3CC[C@H](O)[C@@]4(CCCNC4=O)C3)CC2)cc1. The molecule has 30 heavy (non-hydrogen) atoms. The van der Waals surface area contributed by atoms with Gasteiger partial charge in [-0.25, -0.2) is 0 Å². The Bertz CT molecular complexity index is 816. The molecule has 4 rings (SSSR count). The number of rotatable bonds is 2. The van der Waals surface area contributed by atoms with Crippen molar-refractivity contribution in [1.29, 1.82) is 0 Å². The van der Waals surface area contributed by atoms with E-state index in [-0.39, 0.29) is 23.6 Å². The molecule has 1 aromatic carbocycles. The van der Waals surface area contributed by atoms with Gasteiger partial charge in [-0.2, -0.15) is 0 Å². The summed E-state index contributed by atoms with van der Waals surface area (Å²) in [6.07, 6.45) is 2.45. The fourth-order valence-electron chi connectivity index (χ4n) is 5.10. The Morgan fingerprint density at radius 2 is 1.73 bits per heavy atom. The normalized spacial score (nSPS) is 27.8. The number of benzene rings is 1. The van der Waals surface area contributed by atoms with E-state index in [0.29, 0.717) is 64.0 Å². The number of likely N-dealkylation sites (tertiary alicyclic amines) is 2. The Kier molecular flexibility index (Phi) is 5.82. The van der Waals surface area contributed by atoms with Crippen molar-refractivity contribution in [3.8, 4) is 0 Å². The number of nitrogens with one attached hydrogen (secondary N) is 1. The van der Waals surface area contributed by atoms with Crippen LogP contribution in [0.15, 0.2) is 24.3 Å². The average molecular weight is 414 g/mol. The highest BCUT2D eigenvalue weighted by Crippen LogP contribution is 2.38. The van der Waals surface area contributed by atoms with E-state index in [4.69, 9.17) is 0 Å². The highest BCUT2D eigenvalue weighted by atomic mass is 16.3. The Morgan fingerprint density at radius 3 is 2.40 bits per heavy atom. The van der Waals surface area contributed by atoms with E-state index in [1.807, 2.05) is 36.1 Å². The van der Waals surface area contributed by atoms with Gasteiger partial charge in [0, 0.05) is 44.2 Å². The Hall–Kier alpha value is -2.41.